The highest BCUT2D eigenvalue weighted by atomic mass is 19.4. The van der Waals surface area contributed by atoms with Gasteiger partial charge in [-0.15, -0.1) is 13.2 Å². The van der Waals surface area contributed by atoms with Crippen LogP contribution in [0.25, 0.3) is 0 Å². The molecule has 2 aromatic rings. The second-order valence-corrected chi connectivity index (χ2v) is 5.78. The van der Waals surface area contributed by atoms with Gasteiger partial charge >= 0.3 is 6.36 Å². The Hall–Kier alpha value is -3.11. The van der Waals surface area contributed by atoms with Crippen LogP contribution in [0.5, 0.6) is 5.75 Å². The van der Waals surface area contributed by atoms with Crippen molar-refractivity contribution in [3.05, 3.63) is 51.7 Å². The topological polar surface area (TPSA) is 87.3 Å². The molecule has 27 heavy (non-hydrogen) atoms. The van der Waals surface area contributed by atoms with Crippen LogP contribution < -0.4 is 20.5 Å². The molecule has 146 valence electrons. The van der Waals surface area contributed by atoms with Gasteiger partial charge in [-0.05, 0) is 24.6 Å². The van der Waals surface area contributed by atoms with Gasteiger partial charge in [-0.25, -0.2) is 9.37 Å². The molecule has 0 fully saturated rings. The molecule has 0 aliphatic carbocycles. The second kappa shape index (κ2) is 7.64. The Morgan fingerprint density at radius 1 is 1.30 bits per heavy atom. The molecular weight excluding hydrogens is 372 g/mol. The number of nitrogens with zero attached hydrogens (tertiary/aromatic N) is 2. The van der Waals surface area contributed by atoms with Gasteiger partial charge in [0.05, 0.1) is 6.04 Å². The fraction of sp³-hybridized carbons (Fsp3) is 0.312. The molecule has 11 heteroatoms. The monoisotopic (exact) mass is 388 g/mol. The largest absolute Gasteiger partial charge is 0.573 e. The van der Waals surface area contributed by atoms with E-state index in [1.54, 1.807) is 14.1 Å². The van der Waals surface area contributed by atoms with Crippen molar-refractivity contribution in [2.45, 2.75) is 19.3 Å². The molecule has 1 amide bonds. The first-order valence-electron chi connectivity index (χ1n) is 7.61. The molecule has 1 aromatic carbocycles. The third-order valence-electron chi connectivity index (χ3n) is 3.41. The Kier molecular flexibility index (Phi) is 5.72. The molecule has 2 N–H and O–H groups in total. The lowest BCUT2D eigenvalue weighted by atomic mass is 10.1. The maximum Gasteiger partial charge on any atom is 0.573 e. The van der Waals surface area contributed by atoms with Crippen molar-refractivity contribution < 1.29 is 27.1 Å². The summed E-state index contributed by atoms with van der Waals surface area (Å²) in [5, 5.41) is 2.50. The Morgan fingerprint density at radius 2 is 1.96 bits per heavy atom. The average Bonchev–Trinajstić information content (AvgIpc) is 2.54. The van der Waals surface area contributed by atoms with E-state index in [2.05, 4.69) is 20.0 Å². The Bertz CT molecular complexity index is 896. The van der Waals surface area contributed by atoms with E-state index in [-0.39, 0.29) is 17.2 Å². The van der Waals surface area contributed by atoms with Crippen LogP contribution >= 0.6 is 0 Å². The van der Waals surface area contributed by atoms with E-state index in [1.807, 2.05) is 0 Å². The Balaban J connectivity index is 2.17. The summed E-state index contributed by atoms with van der Waals surface area (Å²) in [6.45, 7) is 1.50. The standard InChI is InChI=1S/C16H16F4N4O3/c1-8(9-4-5-12(10(17)6-9)27-16(18,19)20)21-14(26)11-7-13(25)23-15(22-11)24(2)3/h4-8H,1-3H3,(H,21,26)(H,22,23,25). The van der Waals surface area contributed by atoms with E-state index in [0.717, 1.165) is 18.2 Å². The van der Waals surface area contributed by atoms with E-state index in [1.165, 1.54) is 17.9 Å². The van der Waals surface area contributed by atoms with Gasteiger partial charge < -0.3 is 15.0 Å². The van der Waals surface area contributed by atoms with Crippen molar-refractivity contribution in [2.24, 2.45) is 0 Å². The smallest absolute Gasteiger partial charge is 0.403 e. The lowest BCUT2D eigenvalue weighted by molar-refractivity contribution is -0.275. The lowest BCUT2D eigenvalue weighted by Crippen LogP contribution is -2.30. The van der Waals surface area contributed by atoms with Gasteiger partial charge in [0.2, 0.25) is 5.95 Å². The van der Waals surface area contributed by atoms with Crippen molar-refractivity contribution in [2.75, 3.05) is 19.0 Å². The van der Waals surface area contributed by atoms with Crippen molar-refractivity contribution in [3.63, 3.8) is 0 Å². The lowest BCUT2D eigenvalue weighted by Gasteiger charge is -2.16. The molecule has 0 bridgehead atoms. The first-order chi connectivity index (χ1) is 12.5. The molecular formula is C16H16F4N4O3. The number of benzene rings is 1. The van der Waals surface area contributed by atoms with E-state index in [9.17, 15) is 27.2 Å². The fourth-order valence-electron chi connectivity index (χ4n) is 2.12. The van der Waals surface area contributed by atoms with Crippen LogP contribution in [0.3, 0.4) is 0 Å². The second-order valence-electron chi connectivity index (χ2n) is 5.78. The number of aromatic nitrogens is 2. The molecule has 0 radical (unpaired) electrons. The number of alkyl halides is 3. The van der Waals surface area contributed by atoms with Gasteiger partial charge in [-0.2, -0.15) is 0 Å². The molecule has 1 unspecified atom stereocenters. The summed E-state index contributed by atoms with van der Waals surface area (Å²) < 4.78 is 53.9. The fourth-order valence-corrected chi connectivity index (χ4v) is 2.12. The van der Waals surface area contributed by atoms with Crippen LogP contribution in [0, 0.1) is 5.82 Å². The van der Waals surface area contributed by atoms with Crippen molar-refractivity contribution >= 4 is 11.9 Å². The highest BCUT2D eigenvalue weighted by molar-refractivity contribution is 5.92. The number of hydrogen-bond donors (Lipinski definition) is 2. The number of carbonyl (C=O) groups is 1. The molecule has 0 saturated carbocycles. The van der Waals surface area contributed by atoms with Gasteiger partial charge in [-0.3, -0.25) is 14.6 Å². The van der Waals surface area contributed by atoms with E-state index < -0.39 is 35.4 Å². The molecule has 0 spiro atoms. The van der Waals surface area contributed by atoms with Gasteiger partial charge in [0.15, 0.2) is 11.6 Å². The maximum atomic E-state index is 13.8. The molecule has 0 saturated heterocycles. The minimum absolute atomic E-state index is 0.160. The summed E-state index contributed by atoms with van der Waals surface area (Å²) in [6.07, 6.45) is -5.02. The number of anilines is 1. The number of ether oxygens (including phenoxy) is 1. The van der Waals surface area contributed by atoms with Crippen LogP contribution in [0.2, 0.25) is 0 Å². The highest BCUT2D eigenvalue weighted by Crippen LogP contribution is 2.27. The van der Waals surface area contributed by atoms with Gasteiger partial charge in [0, 0.05) is 20.2 Å². The number of carbonyl (C=O) groups excluding carboxylic acids is 1. The zero-order chi connectivity index (χ0) is 20.4. The molecule has 1 heterocycles. The first-order valence-corrected chi connectivity index (χ1v) is 7.61. The molecule has 7 nitrogen and oxygen atoms in total. The van der Waals surface area contributed by atoms with Crippen LogP contribution in [0.15, 0.2) is 29.1 Å². The van der Waals surface area contributed by atoms with E-state index >= 15 is 0 Å². The normalized spacial score (nSPS) is 12.4. The van der Waals surface area contributed by atoms with Crippen LogP contribution in [-0.2, 0) is 0 Å². The quantitative estimate of drug-likeness (QED) is 0.768. The SMILES string of the molecule is CC(NC(=O)c1cc(=O)[nH]c(N(C)C)n1)c1ccc(OC(F)(F)F)c(F)c1. The highest BCUT2D eigenvalue weighted by Gasteiger charge is 2.32. The number of aromatic amines is 1. The molecule has 0 aliphatic rings. The van der Waals surface area contributed by atoms with Crippen molar-refractivity contribution in [1.29, 1.82) is 0 Å². The zero-order valence-corrected chi connectivity index (χ0v) is 14.5. The zero-order valence-electron chi connectivity index (χ0n) is 14.5. The van der Waals surface area contributed by atoms with Crippen LogP contribution in [0.4, 0.5) is 23.5 Å². The molecule has 2 rings (SSSR count). The summed E-state index contributed by atoms with van der Waals surface area (Å²) in [7, 11) is 3.24. The summed E-state index contributed by atoms with van der Waals surface area (Å²) >= 11 is 0. The summed E-state index contributed by atoms with van der Waals surface area (Å²) in [5.74, 6) is -2.74. The summed E-state index contributed by atoms with van der Waals surface area (Å²) in [4.78, 5) is 31.8. The van der Waals surface area contributed by atoms with E-state index in [0.29, 0.717) is 0 Å². The Labute approximate surface area is 151 Å². The van der Waals surface area contributed by atoms with Crippen LogP contribution in [-0.4, -0.2) is 36.3 Å². The average molecular weight is 388 g/mol. The van der Waals surface area contributed by atoms with Crippen molar-refractivity contribution in [1.82, 2.24) is 15.3 Å². The number of hydrogen-bond acceptors (Lipinski definition) is 5. The third-order valence-corrected chi connectivity index (χ3v) is 3.41. The number of H-pyrrole nitrogens is 1. The maximum absolute atomic E-state index is 13.8. The summed E-state index contributed by atoms with van der Waals surface area (Å²) in [6, 6.07) is 3.05. The Morgan fingerprint density at radius 3 is 2.52 bits per heavy atom. The molecule has 1 atom stereocenters. The number of nitrogens with one attached hydrogen (secondary N) is 2. The van der Waals surface area contributed by atoms with Gasteiger partial charge in [0.25, 0.3) is 11.5 Å². The van der Waals surface area contributed by atoms with Gasteiger partial charge in [0.1, 0.15) is 5.69 Å². The van der Waals surface area contributed by atoms with Crippen molar-refractivity contribution in [3.8, 4) is 5.75 Å². The van der Waals surface area contributed by atoms with Crippen LogP contribution in [0.1, 0.15) is 29.0 Å². The number of rotatable bonds is 5. The molecule has 1 aromatic heterocycles. The minimum Gasteiger partial charge on any atom is -0.403 e. The summed E-state index contributed by atoms with van der Waals surface area (Å²) in [5.41, 5.74) is -0.494. The third kappa shape index (κ3) is 5.43. The molecule has 0 aliphatic heterocycles. The number of halogens is 4. The number of amides is 1. The first kappa shape index (κ1) is 20.2. The predicted octanol–water partition coefficient (Wildman–Crippen LogP) is 2.36. The van der Waals surface area contributed by atoms with E-state index in [4.69, 9.17) is 0 Å². The predicted molar refractivity (Wildman–Crippen MR) is 88.1 cm³/mol. The van der Waals surface area contributed by atoms with Gasteiger partial charge in [-0.1, -0.05) is 6.07 Å². The minimum atomic E-state index is -5.02.